The summed E-state index contributed by atoms with van der Waals surface area (Å²) in [6, 6.07) is 0.0165. The molecule has 1 aromatic heterocycles. The first-order valence-corrected chi connectivity index (χ1v) is 8.75. The second-order valence-corrected chi connectivity index (χ2v) is 8.24. The van der Waals surface area contributed by atoms with Crippen LogP contribution in [0.1, 0.15) is 38.3 Å². The molecular weight excluding hydrogens is 292 g/mol. The van der Waals surface area contributed by atoms with Gasteiger partial charge >= 0.3 is 0 Å². The number of nitrogens with zero attached hydrogens (tertiary/aromatic N) is 1. The number of nitrogens with one attached hydrogen (secondary N) is 1. The molecule has 102 valence electrons. The molecule has 0 spiro atoms. The Balaban J connectivity index is 2.12. The van der Waals surface area contributed by atoms with Crippen molar-refractivity contribution in [3.8, 4) is 0 Å². The Morgan fingerprint density at radius 3 is 2.67 bits per heavy atom. The fourth-order valence-electron chi connectivity index (χ4n) is 1.93. The third kappa shape index (κ3) is 3.44. The van der Waals surface area contributed by atoms with Crippen LogP contribution in [0.4, 0.5) is 0 Å². The molecule has 1 aromatic rings. The zero-order valence-electron chi connectivity index (χ0n) is 10.4. The number of hydrogen-bond donors (Lipinski definition) is 1. The predicted octanol–water partition coefficient (Wildman–Crippen LogP) is 2.96. The minimum Gasteiger partial charge on any atom is -0.229 e. The maximum absolute atomic E-state index is 12.2. The highest BCUT2D eigenvalue weighted by atomic mass is 35.5. The van der Waals surface area contributed by atoms with Crippen molar-refractivity contribution in [3.05, 3.63) is 10.2 Å². The van der Waals surface area contributed by atoms with E-state index in [9.17, 15) is 8.42 Å². The fourth-order valence-corrected chi connectivity index (χ4v) is 5.01. The van der Waals surface area contributed by atoms with Gasteiger partial charge in [0.25, 0.3) is 10.0 Å². The van der Waals surface area contributed by atoms with Gasteiger partial charge in [-0.05, 0) is 25.7 Å². The van der Waals surface area contributed by atoms with E-state index in [4.69, 9.17) is 11.6 Å². The number of rotatable bonds is 6. The van der Waals surface area contributed by atoms with E-state index in [2.05, 4.69) is 9.71 Å². The van der Waals surface area contributed by atoms with Gasteiger partial charge in [-0.25, -0.2) is 18.1 Å². The first kappa shape index (κ1) is 14.2. The van der Waals surface area contributed by atoms with Gasteiger partial charge in [0, 0.05) is 6.04 Å². The molecule has 7 heteroatoms. The van der Waals surface area contributed by atoms with Gasteiger partial charge in [0.2, 0.25) is 0 Å². The molecule has 1 unspecified atom stereocenters. The Bertz CT molecular complexity index is 523. The van der Waals surface area contributed by atoms with Gasteiger partial charge in [0.15, 0.2) is 8.68 Å². The summed E-state index contributed by atoms with van der Waals surface area (Å²) >= 11 is 6.76. The molecular formula is C11H17ClN2O2S2. The van der Waals surface area contributed by atoms with Crippen molar-refractivity contribution in [2.75, 3.05) is 0 Å². The molecule has 0 aliphatic heterocycles. The lowest BCUT2D eigenvalue weighted by molar-refractivity contribution is 0.496. The third-order valence-electron chi connectivity index (χ3n) is 3.10. The summed E-state index contributed by atoms with van der Waals surface area (Å²) in [5, 5.41) is 0. The van der Waals surface area contributed by atoms with Crippen molar-refractivity contribution in [1.29, 1.82) is 0 Å². The van der Waals surface area contributed by atoms with E-state index in [1.807, 2.05) is 6.92 Å². The van der Waals surface area contributed by atoms with Crippen LogP contribution in [-0.2, 0) is 10.0 Å². The number of halogens is 1. The maximum atomic E-state index is 12.2. The zero-order chi connectivity index (χ0) is 13.3. The van der Waals surface area contributed by atoms with Crippen molar-refractivity contribution < 1.29 is 8.42 Å². The average molecular weight is 309 g/mol. The van der Waals surface area contributed by atoms with Crippen LogP contribution in [0, 0.1) is 12.8 Å². The zero-order valence-corrected chi connectivity index (χ0v) is 12.8. The molecule has 0 saturated heterocycles. The van der Waals surface area contributed by atoms with E-state index in [1.54, 1.807) is 6.92 Å². The van der Waals surface area contributed by atoms with Gasteiger partial charge in [-0.3, -0.25) is 0 Å². The van der Waals surface area contributed by atoms with E-state index in [0.717, 1.165) is 24.2 Å². The molecule has 4 nitrogen and oxygen atoms in total. The predicted molar refractivity (Wildman–Crippen MR) is 73.6 cm³/mol. The monoisotopic (exact) mass is 308 g/mol. The minimum atomic E-state index is -3.48. The van der Waals surface area contributed by atoms with Gasteiger partial charge in [0.05, 0.1) is 5.69 Å². The van der Waals surface area contributed by atoms with Crippen LogP contribution in [0.15, 0.2) is 4.21 Å². The molecule has 0 aromatic carbocycles. The summed E-state index contributed by atoms with van der Waals surface area (Å²) in [6.07, 6.45) is 4.19. The maximum Gasteiger partial charge on any atom is 0.252 e. The highest BCUT2D eigenvalue weighted by Gasteiger charge is 2.29. The normalized spacial score (nSPS) is 17.9. The Kier molecular flexibility index (Phi) is 4.31. The van der Waals surface area contributed by atoms with Crippen molar-refractivity contribution in [1.82, 2.24) is 9.71 Å². The smallest absolute Gasteiger partial charge is 0.229 e. The molecule has 1 aliphatic carbocycles. The van der Waals surface area contributed by atoms with Gasteiger partial charge < -0.3 is 0 Å². The van der Waals surface area contributed by atoms with Crippen LogP contribution in [0.5, 0.6) is 0 Å². The topological polar surface area (TPSA) is 59.1 Å². The molecule has 18 heavy (non-hydrogen) atoms. The molecule has 0 radical (unpaired) electrons. The van der Waals surface area contributed by atoms with E-state index >= 15 is 0 Å². The number of aryl methyl sites for hydroxylation is 1. The minimum absolute atomic E-state index is 0.0165. The van der Waals surface area contributed by atoms with E-state index in [0.29, 0.717) is 11.6 Å². The van der Waals surface area contributed by atoms with Crippen LogP contribution in [0.25, 0.3) is 0 Å². The number of aromatic nitrogens is 1. The second kappa shape index (κ2) is 5.45. The van der Waals surface area contributed by atoms with E-state index in [-0.39, 0.29) is 14.7 Å². The lowest BCUT2D eigenvalue weighted by Gasteiger charge is -2.16. The van der Waals surface area contributed by atoms with Crippen molar-refractivity contribution in [3.63, 3.8) is 0 Å². The number of sulfonamides is 1. The Labute approximate surface area is 117 Å². The van der Waals surface area contributed by atoms with Crippen LogP contribution < -0.4 is 4.72 Å². The van der Waals surface area contributed by atoms with Crippen molar-refractivity contribution >= 4 is 33.0 Å². The highest BCUT2D eigenvalue weighted by Crippen LogP contribution is 2.34. The SMILES string of the molecule is CCC(CC1CC1)NS(=O)(=O)c1sc(Cl)nc1C. The largest absolute Gasteiger partial charge is 0.252 e. The lowest BCUT2D eigenvalue weighted by Crippen LogP contribution is -2.34. The first-order chi connectivity index (χ1) is 8.42. The molecule has 2 rings (SSSR count). The van der Waals surface area contributed by atoms with E-state index in [1.165, 1.54) is 12.8 Å². The van der Waals surface area contributed by atoms with Gasteiger partial charge in [0.1, 0.15) is 0 Å². The van der Waals surface area contributed by atoms with Crippen molar-refractivity contribution in [2.24, 2.45) is 5.92 Å². The summed E-state index contributed by atoms with van der Waals surface area (Å²) in [5.41, 5.74) is 0.471. The number of hydrogen-bond acceptors (Lipinski definition) is 4. The summed E-state index contributed by atoms with van der Waals surface area (Å²) < 4.78 is 27.7. The summed E-state index contributed by atoms with van der Waals surface area (Å²) in [6.45, 7) is 3.67. The molecule has 0 bridgehead atoms. The Morgan fingerprint density at radius 1 is 1.56 bits per heavy atom. The van der Waals surface area contributed by atoms with Gasteiger partial charge in [-0.15, -0.1) is 0 Å². The lowest BCUT2D eigenvalue weighted by atomic mass is 10.1. The molecule has 0 amide bonds. The van der Waals surface area contributed by atoms with Crippen LogP contribution >= 0.6 is 22.9 Å². The average Bonchev–Trinajstić information content (AvgIpc) is 3.01. The molecule has 1 fully saturated rings. The van der Waals surface area contributed by atoms with Crippen LogP contribution in [0.3, 0.4) is 0 Å². The molecule has 1 N–H and O–H groups in total. The Hall–Kier alpha value is -0.170. The third-order valence-corrected chi connectivity index (χ3v) is 6.49. The van der Waals surface area contributed by atoms with E-state index < -0.39 is 10.0 Å². The second-order valence-electron chi connectivity index (χ2n) is 4.75. The molecule has 1 heterocycles. The van der Waals surface area contributed by atoms with Crippen LogP contribution in [0.2, 0.25) is 4.47 Å². The highest BCUT2D eigenvalue weighted by molar-refractivity contribution is 7.91. The summed E-state index contributed by atoms with van der Waals surface area (Å²) in [5.74, 6) is 0.698. The Morgan fingerprint density at radius 2 is 2.22 bits per heavy atom. The standard InChI is InChI=1S/C11H17ClN2O2S2/c1-3-9(6-8-4-5-8)14-18(15,16)10-7(2)13-11(12)17-10/h8-9,14H,3-6H2,1-2H3. The first-order valence-electron chi connectivity index (χ1n) is 6.07. The molecule has 1 saturated carbocycles. The van der Waals surface area contributed by atoms with Gasteiger partial charge in [-0.1, -0.05) is 42.7 Å². The molecule has 1 aliphatic rings. The van der Waals surface area contributed by atoms with Crippen LogP contribution in [-0.4, -0.2) is 19.4 Å². The van der Waals surface area contributed by atoms with Gasteiger partial charge in [-0.2, -0.15) is 0 Å². The molecule has 1 atom stereocenters. The number of thiazole rings is 1. The summed E-state index contributed by atoms with van der Waals surface area (Å²) in [4.78, 5) is 3.95. The van der Waals surface area contributed by atoms with Crippen molar-refractivity contribution in [2.45, 2.75) is 49.8 Å². The quantitative estimate of drug-likeness (QED) is 0.879. The fraction of sp³-hybridized carbons (Fsp3) is 0.727. The summed E-state index contributed by atoms with van der Waals surface area (Å²) in [7, 11) is -3.48.